The van der Waals surface area contributed by atoms with E-state index in [0.717, 1.165) is 0 Å². The molecule has 0 rings (SSSR count). The van der Waals surface area contributed by atoms with Crippen LogP contribution in [0.1, 0.15) is 0 Å². The molecule has 5 heavy (non-hydrogen) atoms. The van der Waals surface area contributed by atoms with Gasteiger partial charge in [0.1, 0.15) is 0 Å². The number of nitrogens with two attached hydrogens (primary N) is 1. The van der Waals surface area contributed by atoms with E-state index in [4.69, 9.17) is 8.76 Å². The summed E-state index contributed by atoms with van der Waals surface area (Å²) >= 11 is -2.36. The maximum atomic E-state index is 8.78. The van der Waals surface area contributed by atoms with E-state index < -0.39 is 11.3 Å². The van der Waals surface area contributed by atoms with E-state index in [1.165, 1.54) is 0 Å². The molecule has 0 aromatic rings. The Hall–Kier alpha value is 0.589. The second-order valence-corrected chi connectivity index (χ2v) is 0.781. The van der Waals surface area contributed by atoms with Crippen LogP contribution in [0, 0.1) is 0 Å². The minimum Gasteiger partial charge on any atom is -0.760 e. The first-order valence-corrected chi connectivity index (χ1v) is 1.71. The molecule has 0 saturated carbocycles. The minimum atomic E-state index is -2.36. The summed E-state index contributed by atoms with van der Waals surface area (Å²) in [5.41, 5.74) is 0. The van der Waals surface area contributed by atoms with Crippen molar-refractivity contribution in [1.29, 1.82) is 0 Å². The Morgan fingerprint density at radius 2 is 1.80 bits per heavy atom. The molecule has 5 heteroatoms. The van der Waals surface area contributed by atoms with Crippen LogP contribution in [0.4, 0.5) is 0 Å². The van der Waals surface area contributed by atoms with Gasteiger partial charge in [-0.3, -0.25) is 9.35 Å². The standard InChI is InChI=1S/Cu.H3NO2S/c;1-4(2)3/h;1H2,(H,2,3)/p-1. The van der Waals surface area contributed by atoms with Crippen LogP contribution in [0.3, 0.4) is 0 Å². The van der Waals surface area contributed by atoms with E-state index in [2.05, 4.69) is 5.14 Å². The molecule has 0 saturated heterocycles. The maximum Gasteiger partial charge on any atom is 0.0152 e. The van der Waals surface area contributed by atoms with Crippen LogP contribution in [0.15, 0.2) is 0 Å². The smallest absolute Gasteiger partial charge is 0.0152 e. The number of hydrogen-bond acceptors (Lipinski definition) is 2. The molecule has 0 amide bonds. The van der Waals surface area contributed by atoms with Crippen molar-refractivity contribution in [3.63, 3.8) is 0 Å². The molecule has 0 fully saturated rings. The average Bonchev–Trinajstić information content (AvgIpc) is 0.811. The van der Waals surface area contributed by atoms with Crippen LogP contribution < -0.4 is 5.14 Å². The van der Waals surface area contributed by atoms with Crippen molar-refractivity contribution in [3.8, 4) is 0 Å². The number of hydrogen-bond donors (Lipinski definition) is 1. The maximum absolute atomic E-state index is 8.78. The van der Waals surface area contributed by atoms with Crippen molar-refractivity contribution in [2.45, 2.75) is 0 Å². The third-order valence-electron chi connectivity index (χ3n) is 0. The van der Waals surface area contributed by atoms with Gasteiger partial charge in [0.15, 0.2) is 0 Å². The Kier molecular flexibility index (Phi) is 8.39. The molecule has 0 aromatic carbocycles. The monoisotopic (exact) mass is 143 g/mol. The second kappa shape index (κ2) is 4.59. The Bertz CT molecular complexity index is 32.6. The van der Waals surface area contributed by atoms with Gasteiger partial charge in [-0.05, 0) is 0 Å². The molecule has 0 aliphatic heterocycles. The Balaban J connectivity index is 0. The van der Waals surface area contributed by atoms with Gasteiger partial charge in [-0.25, -0.2) is 0 Å². The molecule has 1 atom stereocenters. The van der Waals surface area contributed by atoms with Gasteiger partial charge in [0, 0.05) is 28.3 Å². The summed E-state index contributed by atoms with van der Waals surface area (Å²) in [6.45, 7) is 0. The van der Waals surface area contributed by atoms with E-state index in [-0.39, 0.29) is 17.1 Å². The minimum absolute atomic E-state index is 0. The average molecular weight is 144 g/mol. The fourth-order valence-electron chi connectivity index (χ4n) is 0. The molecule has 3 nitrogen and oxygen atoms in total. The summed E-state index contributed by atoms with van der Waals surface area (Å²) in [6, 6.07) is 0. The first-order chi connectivity index (χ1) is 1.73. The molecular weight excluding hydrogens is 142 g/mol. The second-order valence-electron chi connectivity index (χ2n) is 0.260. The summed E-state index contributed by atoms with van der Waals surface area (Å²) in [7, 11) is 0. The van der Waals surface area contributed by atoms with Crippen LogP contribution >= 0.6 is 0 Å². The summed E-state index contributed by atoms with van der Waals surface area (Å²) in [5, 5.41) is 4.03. The molecule has 0 aromatic heterocycles. The molecule has 0 aliphatic rings. The van der Waals surface area contributed by atoms with Crippen LogP contribution in [-0.4, -0.2) is 8.76 Å². The van der Waals surface area contributed by atoms with E-state index in [0.29, 0.717) is 0 Å². The van der Waals surface area contributed by atoms with E-state index in [1.807, 2.05) is 0 Å². The largest absolute Gasteiger partial charge is 0.760 e. The van der Waals surface area contributed by atoms with E-state index in [1.54, 1.807) is 0 Å². The number of rotatable bonds is 0. The van der Waals surface area contributed by atoms with Gasteiger partial charge in [0.05, 0.1) is 0 Å². The van der Waals surface area contributed by atoms with Crippen molar-refractivity contribution < 1.29 is 25.8 Å². The zero-order valence-corrected chi connectivity index (χ0v) is 3.86. The predicted octanol–water partition coefficient (Wildman–Crippen LogP) is -1.26. The third kappa shape index (κ3) is 88.6. The summed E-state index contributed by atoms with van der Waals surface area (Å²) < 4.78 is 17.6. The molecule has 0 heterocycles. The van der Waals surface area contributed by atoms with Gasteiger partial charge in [-0.2, -0.15) is 0 Å². The first-order valence-electron chi connectivity index (χ1n) is 0.569. The van der Waals surface area contributed by atoms with E-state index >= 15 is 0 Å². The molecule has 2 N–H and O–H groups in total. The topological polar surface area (TPSA) is 66.2 Å². The normalized spacial score (nSPS) is 12.4. The van der Waals surface area contributed by atoms with Gasteiger partial charge < -0.3 is 4.55 Å². The first kappa shape index (κ1) is 9.14. The quantitative estimate of drug-likeness (QED) is 0.340. The summed E-state index contributed by atoms with van der Waals surface area (Å²) in [6.07, 6.45) is 0. The van der Waals surface area contributed by atoms with Gasteiger partial charge in [0.25, 0.3) is 0 Å². The molecule has 0 bridgehead atoms. The molecule has 1 radical (unpaired) electrons. The molecule has 0 aliphatic carbocycles. The van der Waals surface area contributed by atoms with Crippen molar-refractivity contribution in [2.75, 3.05) is 0 Å². The van der Waals surface area contributed by atoms with Crippen LogP contribution in [0.2, 0.25) is 0 Å². The molecular formula is H2CuNO2S-. The Morgan fingerprint density at radius 1 is 1.80 bits per heavy atom. The zero-order valence-electron chi connectivity index (χ0n) is 2.10. The van der Waals surface area contributed by atoms with Gasteiger partial charge in [0.2, 0.25) is 0 Å². The van der Waals surface area contributed by atoms with E-state index in [9.17, 15) is 0 Å². The van der Waals surface area contributed by atoms with Crippen molar-refractivity contribution >= 4 is 11.3 Å². The fourth-order valence-corrected chi connectivity index (χ4v) is 0. The molecule has 37 valence electrons. The molecule has 1 unspecified atom stereocenters. The van der Waals surface area contributed by atoms with Gasteiger partial charge >= 0.3 is 0 Å². The summed E-state index contributed by atoms with van der Waals surface area (Å²) in [5.74, 6) is 0. The Morgan fingerprint density at radius 3 is 1.80 bits per heavy atom. The SMILES string of the molecule is NS(=O)[O-].[Cu]. The third-order valence-corrected chi connectivity index (χ3v) is 0. The van der Waals surface area contributed by atoms with Crippen molar-refractivity contribution in [2.24, 2.45) is 5.14 Å². The van der Waals surface area contributed by atoms with Crippen LogP contribution in [-0.2, 0) is 28.3 Å². The van der Waals surface area contributed by atoms with Crippen LogP contribution in [0.25, 0.3) is 0 Å². The predicted molar refractivity (Wildman–Crippen MR) is 13.1 cm³/mol. The summed E-state index contributed by atoms with van der Waals surface area (Å²) in [4.78, 5) is 0. The van der Waals surface area contributed by atoms with Crippen molar-refractivity contribution in [3.05, 3.63) is 0 Å². The van der Waals surface area contributed by atoms with Gasteiger partial charge in [-0.15, -0.1) is 0 Å². The van der Waals surface area contributed by atoms with Gasteiger partial charge in [-0.1, -0.05) is 0 Å². The van der Waals surface area contributed by atoms with Crippen molar-refractivity contribution in [1.82, 2.24) is 0 Å². The fraction of sp³-hybridized carbons (Fsp3) is 0. The van der Waals surface area contributed by atoms with Crippen LogP contribution in [0.5, 0.6) is 0 Å². The molecule has 0 spiro atoms. The zero-order chi connectivity index (χ0) is 3.58. The Labute approximate surface area is 42.8 Å².